The summed E-state index contributed by atoms with van der Waals surface area (Å²) in [5, 5.41) is 17.8. The van der Waals surface area contributed by atoms with Gasteiger partial charge in [0.05, 0.1) is 0 Å². The highest BCUT2D eigenvalue weighted by molar-refractivity contribution is 5.74. The van der Waals surface area contributed by atoms with Gasteiger partial charge in [-0.1, -0.05) is 12.1 Å². The molecule has 0 fully saturated rings. The minimum absolute atomic E-state index is 0.291. The monoisotopic (exact) mass is 229 g/mol. The Balaban J connectivity index is 2.19. The van der Waals surface area contributed by atoms with Crippen LogP contribution in [0.15, 0.2) is 24.3 Å². The molecule has 0 bridgehead atoms. The van der Waals surface area contributed by atoms with Gasteiger partial charge in [0.15, 0.2) is 0 Å². The van der Waals surface area contributed by atoms with Gasteiger partial charge in [0.2, 0.25) is 0 Å². The summed E-state index contributed by atoms with van der Waals surface area (Å²) in [6, 6.07) is 7.36. The zero-order valence-corrected chi connectivity index (χ0v) is 9.77. The molecule has 0 radical (unpaired) electrons. The number of nitrogens with one attached hydrogen (secondary N) is 1. The smallest absolute Gasteiger partial charge is 0.127 e. The van der Waals surface area contributed by atoms with E-state index in [0.717, 1.165) is 36.5 Å². The maximum atomic E-state index is 9.91. The Labute approximate surface area is 99.9 Å². The molecule has 1 aromatic carbocycles. The topological polar surface area (TPSA) is 50.1 Å². The van der Waals surface area contributed by atoms with Crippen molar-refractivity contribution >= 4 is 5.82 Å². The largest absolute Gasteiger partial charge is 0.507 e. The number of anilines is 1. The number of phenols is 1. The summed E-state index contributed by atoms with van der Waals surface area (Å²) in [7, 11) is 1.93. The highest BCUT2D eigenvalue weighted by Gasteiger charge is 2.21. The molecular weight excluding hydrogens is 214 g/mol. The van der Waals surface area contributed by atoms with E-state index in [9.17, 15) is 5.11 Å². The van der Waals surface area contributed by atoms with E-state index in [-0.39, 0.29) is 0 Å². The van der Waals surface area contributed by atoms with E-state index in [0.29, 0.717) is 5.75 Å². The van der Waals surface area contributed by atoms with Crippen LogP contribution >= 0.6 is 0 Å². The number of aromatic hydroxyl groups is 1. The quantitative estimate of drug-likeness (QED) is 0.787. The molecule has 2 N–H and O–H groups in total. The summed E-state index contributed by atoms with van der Waals surface area (Å²) in [5.74, 6) is 1.37. The minimum Gasteiger partial charge on any atom is -0.507 e. The Kier molecular flexibility index (Phi) is 2.28. The highest BCUT2D eigenvalue weighted by Crippen LogP contribution is 2.35. The summed E-state index contributed by atoms with van der Waals surface area (Å²) < 4.78 is 1.86. The van der Waals surface area contributed by atoms with Crippen molar-refractivity contribution in [2.24, 2.45) is 7.05 Å². The first-order valence-corrected chi connectivity index (χ1v) is 5.85. The molecule has 0 aliphatic carbocycles. The van der Waals surface area contributed by atoms with Gasteiger partial charge in [-0.2, -0.15) is 5.10 Å². The summed E-state index contributed by atoms with van der Waals surface area (Å²) in [6.07, 6.45) is 2.12. The summed E-state index contributed by atoms with van der Waals surface area (Å²) in [5.41, 5.74) is 2.92. The maximum absolute atomic E-state index is 9.91. The molecule has 4 heteroatoms. The van der Waals surface area contributed by atoms with Crippen LogP contribution < -0.4 is 5.32 Å². The Bertz CT molecular complexity index is 560. The van der Waals surface area contributed by atoms with Gasteiger partial charge < -0.3 is 10.4 Å². The first-order valence-electron chi connectivity index (χ1n) is 5.85. The molecule has 88 valence electrons. The Morgan fingerprint density at radius 2 is 2.18 bits per heavy atom. The second kappa shape index (κ2) is 3.80. The van der Waals surface area contributed by atoms with E-state index < -0.39 is 0 Å². The van der Waals surface area contributed by atoms with Crippen LogP contribution in [-0.4, -0.2) is 21.4 Å². The third-order valence-corrected chi connectivity index (χ3v) is 3.20. The number of benzene rings is 1. The fourth-order valence-corrected chi connectivity index (χ4v) is 2.39. The fraction of sp³-hybridized carbons (Fsp3) is 0.308. The summed E-state index contributed by atoms with van der Waals surface area (Å²) >= 11 is 0. The van der Waals surface area contributed by atoms with Gasteiger partial charge in [-0.25, -0.2) is 0 Å². The van der Waals surface area contributed by atoms with Crippen LogP contribution in [0, 0.1) is 0 Å². The molecule has 3 rings (SSSR count). The van der Waals surface area contributed by atoms with Crippen LogP contribution in [-0.2, 0) is 13.5 Å². The third kappa shape index (κ3) is 1.56. The summed E-state index contributed by atoms with van der Waals surface area (Å²) in [4.78, 5) is 0. The average Bonchev–Trinajstić information content (AvgIpc) is 2.68. The number of aromatic nitrogens is 2. The van der Waals surface area contributed by atoms with Crippen molar-refractivity contribution in [1.29, 1.82) is 0 Å². The van der Waals surface area contributed by atoms with Crippen molar-refractivity contribution in [3.63, 3.8) is 0 Å². The van der Waals surface area contributed by atoms with Crippen molar-refractivity contribution in [3.05, 3.63) is 29.8 Å². The van der Waals surface area contributed by atoms with Crippen LogP contribution in [0.25, 0.3) is 11.3 Å². The first-order chi connectivity index (χ1) is 8.27. The van der Waals surface area contributed by atoms with E-state index in [1.165, 1.54) is 5.56 Å². The lowest BCUT2D eigenvalue weighted by Gasteiger charge is -2.15. The average molecular weight is 229 g/mol. The van der Waals surface area contributed by atoms with Gasteiger partial charge in [0.1, 0.15) is 17.3 Å². The molecule has 0 saturated heterocycles. The van der Waals surface area contributed by atoms with Crippen LogP contribution in [0.4, 0.5) is 5.82 Å². The van der Waals surface area contributed by atoms with Gasteiger partial charge in [0, 0.05) is 24.7 Å². The van der Waals surface area contributed by atoms with Crippen LogP contribution in [0.2, 0.25) is 0 Å². The first kappa shape index (κ1) is 10.2. The molecule has 2 aromatic rings. The second-order valence-corrected chi connectivity index (χ2v) is 4.35. The van der Waals surface area contributed by atoms with Gasteiger partial charge in [-0.15, -0.1) is 0 Å². The number of para-hydroxylation sites is 1. The van der Waals surface area contributed by atoms with Gasteiger partial charge in [-0.3, -0.25) is 4.68 Å². The molecule has 4 nitrogen and oxygen atoms in total. The molecule has 0 unspecified atom stereocenters. The van der Waals surface area contributed by atoms with Gasteiger partial charge >= 0.3 is 0 Å². The van der Waals surface area contributed by atoms with E-state index in [4.69, 9.17) is 0 Å². The highest BCUT2D eigenvalue weighted by atomic mass is 16.3. The van der Waals surface area contributed by atoms with Crippen LogP contribution in [0.3, 0.4) is 0 Å². The molecule has 17 heavy (non-hydrogen) atoms. The van der Waals surface area contributed by atoms with E-state index in [2.05, 4.69) is 10.4 Å². The fourth-order valence-electron chi connectivity index (χ4n) is 2.39. The second-order valence-electron chi connectivity index (χ2n) is 4.35. The van der Waals surface area contributed by atoms with E-state index in [1.54, 1.807) is 6.07 Å². The van der Waals surface area contributed by atoms with Crippen molar-refractivity contribution in [2.75, 3.05) is 11.9 Å². The Hall–Kier alpha value is -1.97. The molecule has 1 aliphatic rings. The standard InChI is InChI=1S/C13H15N3O/c1-16-13-10(6-4-8-14-13)12(15-16)9-5-2-3-7-11(9)17/h2-3,5,7,14,17H,4,6,8H2,1H3. The number of phenolic OH excluding ortho intramolecular Hbond substituents is 1. The lowest BCUT2D eigenvalue weighted by atomic mass is 10.0. The molecular formula is C13H15N3O. The predicted molar refractivity (Wildman–Crippen MR) is 67.1 cm³/mol. The predicted octanol–water partition coefficient (Wildman–Crippen LogP) is 2.15. The Morgan fingerprint density at radius 1 is 1.35 bits per heavy atom. The molecule has 0 atom stereocenters. The van der Waals surface area contributed by atoms with E-state index in [1.807, 2.05) is 29.9 Å². The number of fused-ring (bicyclic) bond motifs is 1. The van der Waals surface area contributed by atoms with Crippen molar-refractivity contribution in [1.82, 2.24) is 9.78 Å². The maximum Gasteiger partial charge on any atom is 0.127 e. The van der Waals surface area contributed by atoms with Gasteiger partial charge in [-0.05, 0) is 25.0 Å². The molecule has 1 aliphatic heterocycles. The van der Waals surface area contributed by atoms with Crippen molar-refractivity contribution in [2.45, 2.75) is 12.8 Å². The lowest BCUT2D eigenvalue weighted by Crippen LogP contribution is -2.13. The summed E-state index contributed by atoms with van der Waals surface area (Å²) in [6.45, 7) is 0.993. The molecule has 0 saturated carbocycles. The van der Waals surface area contributed by atoms with Crippen LogP contribution in [0.1, 0.15) is 12.0 Å². The van der Waals surface area contributed by atoms with Gasteiger partial charge in [0.25, 0.3) is 0 Å². The van der Waals surface area contributed by atoms with Crippen molar-refractivity contribution < 1.29 is 5.11 Å². The SMILES string of the molecule is Cn1nc(-c2ccccc2O)c2c1NCCC2. The number of nitrogens with zero attached hydrogens (tertiary/aromatic N) is 2. The number of aryl methyl sites for hydroxylation is 1. The Morgan fingerprint density at radius 3 is 3.00 bits per heavy atom. The zero-order valence-electron chi connectivity index (χ0n) is 9.77. The molecule has 0 amide bonds. The molecule has 2 heterocycles. The number of hydrogen-bond acceptors (Lipinski definition) is 3. The number of hydrogen-bond donors (Lipinski definition) is 2. The molecule has 0 spiro atoms. The lowest BCUT2D eigenvalue weighted by molar-refractivity contribution is 0.477. The van der Waals surface area contributed by atoms with Crippen molar-refractivity contribution in [3.8, 4) is 17.0 Å². The zero-order chi connectivity index (χ0) is 11.8. The van der Waals surface area contributed by atoms with E-state index >= 15 is 0 Å². The minimum atomic E-state index is 0.291. The number of rotatable bonds is 1. The molecule has 1 aromatic heterocycles. The third-order valence-electron chi connectivity index (χ3n) is 3.20. The van der Waals surface area contributed by atoms with Crippen LogP contribution in [0.5, 0.6) is 5.75 Å². The normalized spacial score (nSPS) is 14.2.